The van der Waals surface area contributed by atoms with Gasteiger partial charge in [0, 0.05) is 10.9 Å². The van der Waals surface area contributed by atoms with Crippen LogP contribution in [0.25, 0.3) is 0 Å². The van der Waals surface area contributed by atoms with Gasteiger partial charge in [-0.05, 0) is 30.5 Å². The van der Waals surface area contributed by atoms with Crippen LogP contribution in [0.1, 0.15) is 22.9 Å². The first-order chi connectivity index (χ1) is 10.1. The van der Waals surface area contributed by atoms with Gasteiger partial charge in [0.15, 0.2) is 0 Å². The molecule has 7 heteroatoms. The van der Waals surface area contributed by atoms with E-state index in [4.69, 9.17) is 16.3 Å². The van der Waals surface area contributed by atoms with Crippen molar-refractivity contribution in [1.29, 1.82) is 0 Å². The second kappa shape index (κ2) is 5.54. The molecule has 0 aliphatic heterocycles. The number of nitrogens with one attached hydrogen (secondary N) is 1. The summed E-state index contributed by atoms with van der Waals surface area (Å²) >= 11 is 7.66. The molecule has 1 heterocycles. The van der Waals surface area contributed by atoms with Crippen LogP contribution < -0.4 is 10.1 Å². The van der Waals surface area contributed by atoms with Crippen molar-refractivity contribution in [3.8, 4) is 5.75 Å². The minimum atomic E-state index is -0.432. The van der Waals surface area contributed by atoms with Gasteiger partial charge in [-0.1, -0.05) is 11.6 Å². The minimum Gasteiger partial charge on any atom is -0.494 e. The number of methoxy groups -OCH3 is 1. The SMILES string of the molecule is COc1cc([N+](=O)[O-])ccc1NC1CCc2sc(Cl)cc21. The predicted octanol–water partition coefficient (Wildman–Crippen LogP) is 4.42. The molecule has 2 aromatic rings. The Morgan fingerprint density at radius 3 is 3.00 bits per heavy atom. The van der Waals surface area contributed by atoms with E-state index in [1.807, 2.05) is 6.07 Å². The molecule has 0 saturated heterocycles. The molecule has 0 saturated carbocycles. The number of hydrogen-bond donors (Lipinski definition) is 1. The van der Waals surface area contributed by atoms with Crippen LogP contribution in [-0.4, -0.2) is 12.0 Å². The van der Waals surface area contributed by atoms with Crippen molar-refractivity contribution < 1.29 is 9.66 Å². The van der Waals surface area contributed by atoms with Gasteiger partial charge in [0.1, 0.15) is 5.75 Å². The molecule has 1 aliphatic rings. The van der Waals surface area contributed by atoms with Crippen molar-refractivity contribution in [2.45, 2.75) is 18.9 Å². The number of aryl methyl sites for hydroxylation is 1. The van der Waals surface area contributed by atoms with Crippen molar-refractivity contribution in [2.24, 2.45) is 0 Å². The lowest BCUT2D eigenvalue weighted by atomic mass is 10.1. The van der Waals surface area contributed by atoms with Gasteiger partial charge in [-0.2, -0.15) is 0 Å². The van der Waals surface area contributed by atoms with Gasteiger partial charge in [0.25, 0.3) is 5.69 Å². The van der Waals surface area contributed by atoms with Gasteiger partial charge in [-0.3, -0.25) is 10.1 Å². The van der Waals surface area contributed by atoms with Crippen LogP contribution >= 0.6 is 22.9 Å². The van der Waals surface area contributed by atoms with Gasteiger partial charge < -0.3 is 10.1 Å². The zero-order valence-electron chi connectivity index (χ0n) is 11.3. The van der Waals surface area contributed by atoms with E-state index in [1.165, 1.54) is 29.7 Å². The summed E-state index contributed by atoms with van der Waals surface area (Å²) < 4.78 is 6.04. The molecule has 3 rings (SSSR count). The number of anilines is 1. The van der Waals surface area contributed by atoms with Crippen molar-refractivity contribution in [3.05, 3.63) is 49.2 Å². The molecule has 1 unspecified atom stereocenters. The Morgan fingerprint density at radius 1 is 1.48 bits per heavy atom. The molecule has 0 bridgehead atoms. The zero-order chi connectivity index (χ0) is 15.0. The van der Waals surface area contributed by atoms with E-state index in [1.54, 1.807) is 17.4 Å². The van der Waals surface area contributed by atoms with Gasteiger partial charge in [-0.25, -0.2) is 0 Å². The monoisotopic (exact) mass is 324 g/mol. The maximum absolute atomic E-state index is 10.8. The lowest BCUT2D eigenvalue weighted by Gasteiger charge is -2.17. The van der Waals surface area contributed by atoms with Crippen LogP contribution in [0.3, 0.4) is 0 Å². The topological polar surface area (TPSA) is 64.4 Å². The van der Waals surface area contributed by atoms with Crippen molar-refractivity contribution in [3.63, 3.8) is 0 Å². The highest BCUT2D eigenvalue weighted by Gasteiger charge is 2.26. The molecule has 1 N–H and O–H groups in total. The molecule has 110 valence electrons. The molecule has 0 amide bonds. The third kappa shape index (κ3) is 2.69. The molecule has 0 spiro atoms. The molecule has 5 nitrogen and oxygen atoms in total. The number of rotatable bonds is 4. The Kier molecular flexibility index (Phi) is 3.73. The first-order valence-electron chi connectivity index (χ1n) is 6.45. The second-order valence-corrected chi connectivity index (χ2v) is 6.57. The number of hydrogen-bond acceptors (Lipinski definition) is 5. The highest BCUT2D eigenvalue weighted by molar-refractivity contribution is 7.16. The largest absolute Gasteiger partial charge is 0.494 e. The van der Waals surface area contributed by atoms with E-state index in [0.29, 0.717) is 5.75 Å². The minimum absolute atomic E-state index is 0.0167. The summed E-state index contributed by atoms with van der Waals surface area (Å²) in [6, 6.07) is 6.74. The number of benzene rings is 1. The van der Waals surface area contributed by atoms with Crippen LogP contribution in [0.2, 0.25) is 4.34 Å². The standard InChI is InChI=1S/C14H13ClN2O3S/c1-20-12-6-8(17(18)19)2-3-11(12)16-10-4-5-13-9(10)7-14(15)21-13/h2-3,6-7,10,16H,4-5H2,1H3. The lowest BCUT2D eigenvalue weighted by Crippen LogP contribution is -2.08. The van der Waals surface area contributed by atoms with Crippen molar-refractivity contribution >= 4 is 34.3 Å². The van der Waals surface area contributed by atoms with Crippen molar-refractivity contribution in [2.75, 3.05) is 12.4 Å². The van der Waals surface area contributed by atoms with Crippen LogP contribution in [-0.2, 0) is 6.42 Å². The first-order valence-corrected chi connectivity index (χ1v) is 7.65. The Morgan fingerprint density at radius 2 is 2.29 bits per heavy atom. The lowest BCUT2D eigenvalue weighted by molar-refractivity contribution is -0.384. The highest BCUT2D eigenvalue weighted by atomic mass is 35.5. The van der Waals surface area contributed by atoms with E-state index in [0.717, 1.165) is 22.9 Å². The third-order valence-electron chi connectivity index (χ3n) is 3.57. The molecule has 1 aliphatic carbocycles. The molecule has 1 aromatic carbocycles. The number of nitro groups is 1. The number of thiophene rings is 1. The van der Waals surface area contributed by atoms with Crippen LogP contribution in [0.15, 0.2) is 24.3 Å². The van der Waals surface area contributed by atoms with E-state index < -0.39 is 4.92 Å². The summed E-state index contributed by atoms with van der Waals surface area (Å²) in [5, 5.41) is 14.2. The highest BCUT2D eigenvalue weighted by Crippen LogP contribution is 2.42. The Bertz CT molecular complexity index is 702. The van der Waals surface area contributed by atoms with E-state index >= 15 is 0 Å². The second-order valence-electron chi connectivity index (χ2n) is 4.81. The zero-order valence-corrected chi connectivity index (χ0v) is 12.8. The first kappa shape index (κ1) is 14.2. The summed E-state index contributed by atoms with van der Waals surface area (Å²) in [5.41, 5.74) is 1.98. The smallest absolute Gasteiger partial charge is 0.273 e. The maximum Gasteiger partial charge on any atom is 0.273 e. The van der Waals surface area contributed by atoms with Crippen molar-refractivity contribution in [1.82, 2.24) is 0 Å². The van der Waals surface area contributed by atoms with E-state index in [-0.39, 0.29) is 11.7 Å². The molecule has 21 heavy (non-hydrogen) atoms. The molecular weight excluding hydrogens is 312 g/mol. The Hall–Kier alpha value is -1.79. The summed E-state index contributed by atoms with van der Waals surface area (Å²) in [4.78, 5) is 11.7. The average Bonchev–Trinajstić information content (AvgIpc) is 2.99. The number of ether oxygens (including phenoxy) is 1. The van der Waals surface area contributed by atoms with Gasteiger partial charge in [-0.15, -0.1) is 11.3 Å². The quantitative estimate of drug-likeness (QED) is 0.668. The fourth-order valence-corrected chi connectivity index (χ4v) is 3.94. The summed E-state index contributed by atoms with van der Waals surface area (Å²) in [5.74, 6) is 0.471. The van der Waals surface area contributed by atoms with Crippen LogP contribution in [0.5, 0.6) is 5.75 Å². The van der Waals surface area contributed by atoms with Gasteiger partial charge in [0.2, 0.25) is 0 Å². The summed E-state index contributed by atoms with van der Waals surface area (Å²) in [6.07, 6.45) is 1.98. The fraction of sp³-hybridized carbons (Fsp3) is 0.286. The fourth-order valence-electron chi connectivity index (χ4n) is 2.58. The third-order valence-corrected chi connectivity index (χ3v) is 4.91. The molecule has 0 fully saturated rings. The summed E-state index contributed by atoms with van der Waals surface area (Å²) in [6.45, 7) is 0. The van der Waals surface area contributed by atoms with Crippen LogP contribution in [0.4, 0.5) is 11.4 Å². The van der Waals surface area contributed by atoms with E-state index in [9.17, 15) is 10.1 Å². The van der Waals surface area contributed by atoms with Gasteiger partial charge in [0.05, 0.1) is 34.2 Å². The predicted molar refractivity (Wildman–Crippen MR) is 83.7 cm³/mol. The molecule has 0 radical (unpaired) electrons. The maximum atomic E-state index is 10.8. The Balaban J connectivity index is 1.87. The molecule has 1 aromatic heterocycles. The molecule has 1 atom stereocenters. The van der Waals surface area contributed by atoms with Crippen LogP contribution in [0, 0.1) is 10.1 Å². The summed E-state index contributed by atoms with van der Waals surface area (Å²) in [7, 11) is 1.51. The molecular formula is C14H13ClN2O3S. The van der Waals surface area contributed by atoms with Gasteiger partial charge >= 0.3 is 0 Å². The normalized spacial score (nSPS) is 16.6. The Labute approximate surface area is 130 Å². The average molecular weight is 325 g/mol. The number of nitrogens with zero attached hydrogens (tertiary/aromatic N) is 1. The number of nitro benzene ring substituents is 1. The number of non-ortho nitro benzene ring substituents is 1. The number of halogens is 1. The number of fused-ring (bicyclic) bond motifs is 1. The van der Waals surface area contributed by atoms with E-state index in [2.05, 4.69) is 5.32 Å².